The van der Waals surface area contributed by atoms with Crippen LogP contribution in [0.25, 0.3) is 0 Å². The summed E-state index contributed by atoms with van der Waals surface area (Å²) in [6.45, 7) is 2.73. The van der Waals surface area contributed by atoms with Crippen molar-refractivity contribution in [1.29, 1.82) is 0 Å². The lowest BCUT2D eigenvalue weighted by molar-refractivity contribution is -0.139. The first kappa shape index (κ1) is 16.5. The zero-order chi connectivity index (χ0) is 17.8. The van der Waals surface area contributed by atoms with Crippen molar-refractivity contribution in [3.05, 3.63) is 23.8 Å². The largest absolute Gasteiger partial charge is 0.337 e. The molecular weight excluding hydrogens is 342 g/mol. The van der Waals surface area contributed by atoms with Gasteiger partial charge < -0.3 is 10.2 Å². The second-order valence-corrected chi connectivity index (χ2v) is 8.84. The van der Waals surface area contributed by atoms with E-state index in [1.165, 1.54) is 10.4 Å². The molecule has 134 valence electrons. The van der Waals surface area contributed by atoms with Crippen LogP contribution in [-0.2, 0) is 26.0 Å². The number of nitrogens with one attached hydrogen (secondary N) is 1. The Morgan fingerprint density at radius 3 is 2.80 bits per heavy atom. The standard InChI is InChI=1S/C17H21N3O4S/c1-11-17(22)19-8-2-3-13(19)10-20(11)25(23,24)14-5-6-15-12(9-14)4-7-16(21)18-15/h5-6,9,11,13H,2-4,7-8,10H2,1H3,(H,18,21)/t11-,13-/m1/s1. The molecule has 2 fully saturated rings. The van der Waals surface area contributed by atoms with Crippen LogP contribution in [0.1, 0.15) is 31.7 Å². The first-order valence-corrected chi connectivity index (χ1v) is 10.1. The number of benzene rings is 1. The summed E-state index contributed by atoms with van der Waals surface area (Å²) in [7, 11) is -3.76. The molecule has 2 amide bonds. The summed E-state index contributed by atoms with van der Waals surface area (Å²) in [5.74, 6) is -0.165. The highest BCUT2D eigenvalue weighted by Gasteiger charge is 2.45. The van der Waals surface area contributed by atoms with Gasteiger partial charge in [-0.25, -0.2) is 8.42 Å². The van der Waals surface area contributed by atoms with Crippen molar-refractivity contribution >= 4 is 27.5 Å². The average molecular weight is 363 g/mol. The minimum Gasteiger partial charge on any atom is -0.337 e. The monoisotopic (exact) mass is 363 g/mol. The fourth-order valence-electron chi connectivity index (χ4n) is 4.01. The molecule has 0 bridgehead atoms. The van der Waals surface area contributed by atoms with Gasteiger partial charge in [-0.3, -0.25) is 9.59 Å². The summed E-state index contributed by atoms with van der Waals surface area (Å²) in [5.41, 5.74) is 1.49. The second kappa shape index (κ2) is 5.81. The van der Waals surface area contributed by atoms with Crippen molar-refractivity contribution in [3.8, 4) is 0 Å². The van der Waals surface area contributed by atoms with Crippen LogP contribution in [0.4, 0.5) is 5.69 Å². The van der Waals surface area contributed by atoms with Crippen LogP contribution in [-0.4, -0.2) is 54.6 Å². The molecule has 7 nitrogen and oxygen atoms in total. The molecule has 2 saturated heterocycles. The van der Waals surface area contributed by atoms with E-state index in [9.17, 15) is 18.0 Å². The van der Waals surface area contributed by atoms with Crippen molar-refractivity contribution in [2.45, 2.75) is 49.6 Å². The molecule has 8 heteroatoms. The molecule has 2 atom stereocenters. The van der Waals surface area contributed by atoms with E-state index in [1.54, 1.807) is 19.1 Å². The molecule has 3 aliphatic rings. The van der Waals surface area contributed by atoms with Crippen LogP contribution >= 0.6 is 0 Å². The van der Waals surface area contributed by atoms with Gasteiger partial charge in [0.05, 0.1) is 4.90 Å². The van der Waals surface area contributed by atoms with Gasteiger partial charge in [0.15, 0.2) is 0 Å². The molecular formula is C17H21N3O4S. The fourth-order valence-corrected chi connectivity index (χ4v) is 5.68. The van der Waals surface area contributed by atoms with E-state index in [1.807, 2.05) is 4.90 Å². The zero-order valence-corrected chi connectivity index (χ0v) is 14.9. The summed E-state index contributed by atoms with van der Waals surface area (Å²) in [6.07, 6.45) is 2.65. The average Bonchev–Trinajstić information content (AvgIpc) is 3.06. The SMILES string of the molecule is C[C@@H]1C(=O)N2CCC[C@@H]2CN1S(=O)(=O)c1ccc2c(c1)CCC(=O)N2. The van der Waals surface area contributed by atoms with Gasteiger partial charge in [0, 0.05) is 31.2 Å². The van der Waals surface area contributed by atoms with Gasteiger partial charge in [-0.15, -0.1) is 0 Å². The molecule has 0 spiro atoms. The molecule has 1 N–H and O–H groups in total. The van der Waals surface area contributed by atoms with Gasteiger partial charge >= 0.3 is 0 Å². The number of sulfonamides is 1. The Morgan fingerprint density at radius 1 is 1.20 bits per heavy atom. The van der Waals surface area contributed by atoms with Crippen molar-refractivity contribution in [2.24, 2.45) is 0 Å². The molecule has 0 saturated carbocycles. The number of carbonyl (C=O) groups is 2. The molecule has 1 aromatic rings. The predicted molar refractivity (Wildman–Crippen MR) is 91.5 cm³/mol. The van der Waals surface area contributed by atoms with Crippen molar-refractivity contribution in [2.75, 3.05) is 18.4 Å². The van der Waals surface area contributed by atoms with Gasteiger partial charge in [0.1, 0.15) is 6.04 Å². The van der Waals surface area contributed by atoms with E-state index in [-0.39, 0.29) is 22.8 Å². The number of carbonyl (C=O) groups excluding carboxylic acids is 2. The van der Waals surface area contributed by atoms with E-state index < -0.39 is 16.1 Å². The zero-order valence-electron chi connectivity index (χ0n) is 14.1. The molecule has 0 aliphatic carbocycles. The van der Waals surface area contributed by atoms with E-state index in [2.05, 4.69) is 5.32 Å². The minimum atomic E-state index is -3.76. The Morgan fingerprint density at radius 2 is 2.00 bits per heavy atom. The normalized spacial score (nSPS) is 27.0. The third-order valence-electron chi connectivity index (χ3n) is 5.42. The number of aryl methyl sites for hydroxylation is 1. The number of rotatable bonds is 2. The number of fused-ring (bicyclic) bond motifs is 2. The van der Waals surface area contributed by atoms with Gasteiger partial charge in [-0.05, 0) is 49.9 Å². The van der Waals surface area contributed by atoms with Crippen LogP contribution in [0.3, 0.4) is 0 Å². The number of amides is 2. The van der Waals surface area contributed by atoms with E-state index in [0.29, 0.717) is 25.1 Å². The quantitative estimate of drug-likeness (QED) is 0.848. The Bertz CT molecular complexity index is 851. The third-order valence-corrected chi connectivity index (χ3v) is 7.35. The van der Waals surface area contributed by atoms with Gasteiger partial charge in [0.25, 0.3) is 0 Å². The van der Waals surface area contributed by atoms with E-state index in [4.69, 9.17) is 0 Å². The first-order valence-electron chi connectivity index (χ1n) is 8.63. The Labute approximate surface area is 147 Å². The lowest BCUT2D eigenvalue weighted by Crippen LogP contribution is -2.59. The highest BCUT2D eigenvalue weighted by molar-refractivity contribution is 7.89. The number of hydrogen-bond donors (Lipinski definition) is 1. The van der Waals surface area contributed by atoms with Gasteiger partial charge in [-0.2, -0.15) is 4.31 Å². The summed E-state index contributed by atoms with van der Waals surface area (Å²) in [5, 5.41) is 2.76. The molecule has 4 rings (SSSR count). The Hall–Kier alpha value is -1.93. The van der Waals surface area contributed by atoms with Crippen molar-refractivity contribution in [1.82, 2.24) is 9.21 Å². The summed E-state index contributed by atoms with van der Waals surface area (Å²) >= 11 is 0. The fraction of sp³-hybridized carbons (Fsp3) is 0.529. The summed E-state index contributed by atoms with van der Waals surface area (Å²) in [6, 6.07) is 4.07. The number of nitrogens with zero attached hydrogens (tertiary/aromatic N) is 2. The highest BCUT2D eigenvalue weighted by atomic mass is 32.2. The van der Waals surface area contributed by atoms with Crippen LogP contribution in [0.5, 0.6) is 0 Å². The van der Waals surface area contributed by atoms with Crippen LogP contribution in [0.15, 0.2) is 23.1 Å². The van der Waals surface area contributed by atoms with Gasteiger partial charge in [-0.1, -0.05) is 0 Å². The smallest absolute Gasteiger partial charge is 0.243 e. The number of anilines is 1. The maximum absolute atomic E-state index is 13.1. The molecule has 1 aromatic carbocycles. The van der Waals surface area contributed by atoms with E-state index in [0.717, 1.165) is 24.9 Å². The van der Waals surface area contributed by atoms with Crippen molar-refractivity contribution < 1.29 is 18.0 Å². The topological polar surface area (TPSA) is 86.8 Å². The molecule has 3 heterocycles. The lowest BCUT2D eigenvalue weighted by atomic mass is 10.0. The maximum atomic E-state index is 13.1. The first-order chi connectivity index (χ1) is 11.9. The number of piperazine rings is 1. The second-order valence-electron chi connectivity index (χ2n) is 6.95. The molecule has 0 radical (unpaired) electrons. The third kappa shape index (κ3) is 2.64. The molecule has 25 heavy (non-hydrogen) atoms. The molecule has 3 aliphatic heterocycles. The lowest BCUT2D eigenvalue weighted by Gasteiger charge is -2.40. The van der Waals surface area contributed by atoms with Crippen LogP contribution < -0.4 is 5.32 Å². The van der Waals surface area contributed by atoms with Gasteiger partial charge in [0.2, 0.25) is 21.8 Å². The number of hydrogen-bond acceptors (Lipinski definition) is 4. The minimum absolute atomic E-state index is 0.0182. The van der Waals surface area contributed by atoms with Crippen molar-refractivity contribution in [3.63, 3.8) is 0 Å². The summed E-state index contributed by atoms with van der Waals surface area (Å²) in [4.78, 5) is 26.0. The highest BCUT2D eigenvalue weighted by Crippen LogP contribution is 2.32. The van der Waals surface area contributed by atoms with Crippen LogP contribution in [0.2, 0.25) is 0 Å². The summed E-state index contributed by atoms with van der Waals surface area (Å²) < 4.78 is 27.6. The Balaban J connectivity index is 1.67. The maximum Gasteiger partial charge on any atom is 0.243 e. The van der Waals surface area contributed by atoms with E-state index >= 15 is 0 Å². The predicted octanol–water partition coefficient (Wildman–Crippen LogP) is 0.955. The Kier molecular flexibility index (Phi) is 3.84. The molecule has 0 unspecified atom stereocenters. The molecule has 0 aromatic heterocycles. The van der Waals surface area contributed by atoms with Crippen LogP contribution in [0, 0.1) is 0 Å².